The quantitative estimate of drug-likeness (QED) is 0.408. The number of ketones is 1. The third kappa shape index (κ3) is 4.21. The maximum Gasteiger partial charge on any atom is 0.181 e. The van der Waals surface area contributed by atoms with Crippen molar-refractivity contribution in [3.8, 4) is 0 Å². The van der Waals surface area contributed by atoms with Gasteiger partial charge in [0.1, 0.15) is 4.32 Å². The number of rotatable bonds is 8. The molecule has 0 saturated heterocycles. The zero-order chi connectivity index (χ0) is 13.4. The first-order valence-electron chi connectivity index (χ1n) is 6.50. The van der Waals surface area contributed by atoms with Crippen LogP contribution in [-0.4, -0.2) is 23.3 Å². The molecule has 0 heterocycles. The van der Waals surface area contributed by atoms with Crippen molar-refractivity contribution < 1.29 is 9.53 Å². The predicted octanol–water partition coefficient (Wildman–Crippen LogP) is 4.23. The van der Waals surface area contributed by atoms with Gasteiger partial charge in [0.2, 0.25) is 0 Å². The summed E-state index contributed by atoms with van der Waals surface area (Å²) in [5.41, 5.74) is 0.732. The molecule has 1 aromatic rings. The van der Waals surface area contributed by atoms with Crippen LogP contribution in [0.4, 0.5) is 0 Å². The minimum absolute atomic E-state index is 0.0992. The number of Topliss-reactive ketones (excluding diaryl/α,β-unsaturated/α-hetero) is 1. The molecule has 100 valence electrons. The van der Waals surface area contributed by atoms with Crippen molar-refractivity contribution in [1.82, 2.24) is 0 Å². The summed E-state index contributed by atoms with van der Waals surface area (Å²) < 4.78 is 5.01. The Bertz CT molecular complexity index is 364. The molecule has 0 saturated carbocycles. The maximum atomic E-state index is 12.4. The molecule has 2 nitrogen and oxygen atoms in total. The first-order valence-corrected chi connectivity index (χ1v) is 7.30. The van der Waals surface area contributed by atoms with Crippen molar-refractivity contribution in [3.05, 3.63) is 35.9 Å². The molecule has 0 bridgehead atoms. The standard InChI is InChI=1S/C15H21BrO2/c1-3-5-11-18-12-15(16,4-2)14(17)13-9-7-6-8-10-13/h6-10H,3-5,11-12H2,1-2H3. The molecular formula is C15H21BrO2. The van der Waals surface area contributed by atoms with E-state index < -0.39 is 4.32 Å². The SMILES string of the molecule is CCCCOCC(Br)(CC)C(=O)c1ccccc1. The average molecular weight is 313 g/mol. The Balaban J connectivity index is 2.66. The first kappa shape index (κ1) is 15.4. The van der Waals surface area contributed by atoms with Crippen LogP contribution in [0.5, 0.6) is 0 Å². The summed E-state index contributed by atoms with van der Waals surface area (Å²) in [7, 11) is 0. The van der Waals surface area contributed by atoms with Crippen LogP contribution in [0.1, 0.15) is 43.5 Å². The van der Waals surface area contributed by atoms with Crippen molar-refractivity contribution in [3.63, 3.8) is 0 Å². The van der Waals surface area contributed by atoms with E-state index in [2.05, 4.69) is 22.9 Å². The summed E-state index contributed by atoms with van der Waals surface area (Å²) in [5.74, 6) is 0.0992. The Morgan fingerprint density at radius 2 is 1.94 bits per heavy atom. The van der Waals surface area contributed by atoms with Crippen molar-refractivity contribution in [1.29, 1.82) is 0 Å². The van der Waals surface area contributed by atoms with Crippen LogP contribution in [0, 0.1) is 0 Å². The zero-order valence-electron chi connectivity index (χ0n) is 11.1. The highest BCUT2D eigenvalue weighted by Crippen LogP contribution is 2.28. The Morgan fingerprint density at radius 3 is 2.50 bits per heavy atom. The van der Waals surface area contributed by atoms with E-state index in [0.717, 1.165) is 18.4 Å². The third-order valence-corrected chi connectivity index (χ3v) is 4.13. The van der Waals surface area contributed by atoms with Gasteiger partial charge in [-0.15, -0.1) is 0 Å². The molecule has 0 aromatic heterocycles. The van der Waals surface area contributed by atoms with Crippen LogP contribution in [-0.2, 0) is 4.74 Å². The summed E-state index contributed by atoms with van der Waals surface area (Å²) in [6.07, 6.45) is 2.85. The molecular weight excluding hydrogens is 292 g/mol. The summed E-state index contributed by atoms with van der Waals surface area (Å²) >= 11 is 3.56. The van der Waals surface area contributed by atoms with Crippen molar-refractivity contribution in [2.45, 2.75) is 37.4 Å². The van der Waals surface area contributed by atoms with Gasteiger partial charge in [0.05, 0.1) is 6.61 Å². The van der Waals surface area contributed by atoms with E-state index in [0.29, 0.717) is 19.6 Å². The van der Waals surface area contributed by atoms with Crippen LogP contribution in [0.2, 0.25) is 0 Å². The molecule has 1 atom stereocenters. The van der Waals surface area contributed by atoms with Gasteiger partial charge in [-0.25, -0.2) is 0 Å². The molecule has 0 fully saturated rings. The third-order valence-electron chi connectivity index (χ3n) is 2.98. The molecule has 0 aliphatic rings. The molecule has 0 amide bonds. The second kappa shape index (κ2) is 7.70. The number of unbranched alkanes of at least 4 members (excludes halogenated alkanes) is 1. The minimum atomic E-state index is -0.595. The first-order chi connectivity index (χ1) is 8.64. The molecule has 3 heteroatoms. The number of hydrogen-bond donors (Lipinski definition) is 0. The number of ether oxygens (including phenoxy) is 1. The maximum absolute atomic E-state index is 12.4. The van der Waals surface area contributed by atoms with E-state index in [1.807, 2.05) is 37.3 Å². The fraction of sp³-hybridized carbons (Fsp3) is 0.533. The van der Waals surface area contributed by atoms with Crippen LogP contribution in [0.15, 0.2) is 30.3 Å². The van der Waals surface area contributed by atoms with Crippen LogP contribution < -0.4 is 0 Å². The van der Waals surface area contributed by atoms with Gasteiger partial charge in [0.25, 0.3) is 0 Å². The summed E-state index contributed by atoms with van der Waals surface area (Å²) in [6, 6.07) is 9.37. The van der Waals surface area contributed by atoms with Crippen molar-refractivity contribution in [2.75, 3.05) is 13.2 Å². The van der Waals surface area contributed by atoms with Gasteiger partial charge in [0.15, 0.2) is 5.78 Å². The van der Waals surface area contributed by atoms with Crippen molar-refractivity contribution in [2.24, 2.45) is 0 Å². The van der Waals surface area contributed by atoms with Gasteiger partial charge in [-0.1, -0.05) is 66.5 Å². The van der Waals surface area contributed by atoms with Crippen LogP contribution >= 0.6 is 15.9 Å². The Morgan fingerprint density at radius 1 is 1.28 bits per heavy atom. The van der Waals surface area contributed by atoms with Crippen LogP contribution in [0.3, 0.4) is 0 Å². The van der Waals surface area contributed by atoms with Gasteiger partial charge < -0.3 is 4.74 Å². The zero-order valence-corrected chi connectivity index (χ0v) is 12.7. The molecule has 0 aliphatic heterocycles. The van der Waals surface area contributed by atoms with E-state index in [1.165, 1.54) is 0 Å². The number of carbonyl (C=O) groups is 1. The van der Waals surface area contributed by atoms with Gasteiger partial charge in [0, 0.05) is 12.2 Å². The molecule has 0 N–H and O–H groups in total. The van der Waals surface area contributed by atoms with Gasteiger partial charge >= 0.3 is 0 Å². The highest BCUT2D eigenvalue weighted by atomic mass is 79.9. The number of benzene rings is 1. The normalized spacial score (nSPS) is 14.2. The highest BCUT2D eigenvalue weighted by Gasteiger charge is 2.34. The van der Waals surface area contributed by atoms with E-state index in [4.69, 9.17) is 4.74 Å². The molecule has 1 unspecified atom stereocenters. The monoisotopic (exact) mass is 312 g/mol. The lowest BCUT2D eigenvalue weighted by Crippen LogP contribution is -2.36. The van der Waals surface area contributed by atoms with E-state index in [9.17, 15) is 4.79 Å². The lowest BCUT2D eigenvalue weighted by molar-refractivity contribution is 0.0766. The van der Waals surface area contributed by atoms with E-state index in [-0.39, 0.29) is 5.78 Å². The van der Waals surface area contributed by atoms with Gasteiger partial charge in [-0.3, -0.25) is 4.79 Å². The van der Waals surface area contributed by atoms with Gasteiger partial charge in [-0.2, -0.15) is 0 Å². The second-order valence-electron chi connectivity index (χ2n) is 4.42. The molecule has 1 rings (SSSR count). The second-order valence-corrected chi connectivity index (χ2v) is 5.94. The molecule has 0 aliphatic carbocycles. The minimum Gasteiger partial charge on any atom is -0.380 e. The lowest BCUT2D eigenvalue weighted by atomic mass is 9.96. The average Bonchev–Trinajstić information content (AvgIpc) is 2.43. The molecule has 0 radical (unpaired) electrons. The summed E-state index contributed by atoms with van der Waals surface area (Å²) in [5, 5.41) is 0. The van der Waals surface area contributed by atoms with E-state index in [1.54, 1.807) is 0 Å². The summed E-state index contributed by atoms with van der Waals surface area (Å²) in [6.45, 7) is 5.27. The molecule has 18 heavy (non-hydrogen) atoms. The van der Waals surface area contributed by atoms with Crippen molar-refractivity contribution >= 4 is 21.7 Å². The topological polar surface area (TPSA) is 26.3 Å². The largest absolute Gasteiger partial charge is 0.380 e. The predicted molar refractivity (Wildman–Crippen MR) is 78.4 cm³/mol. The number of alkyl halides is 1. The fourth-order valence-electron chi connectivity index (χ4n) is 1.66. The molecule has 0 spiro atoms. The van der Waals surface area contributed by atoms with Gasteiger partial charge in [-0.05, 0) is 12.8 Å². The fourth-order valence-corrected chi connectivity index (χ4v) is 2.05. The Labute approximate surface area is 118 Å². The number of hydrogen-bond acceptors (Lipinski definition) is 2. The Kier molecular flexibility index (Phi) is 6.58. The molecule has 1 aromatic carbocycles. The number of halogens is 1. The Hall–Kier alpha value is -0.670. The smallest absolute Gasteiger partial charge is 0.181 e. The lowest BCUT2D eigenvalue weighted by Gasteiger charge is -2.24. The van der Waals surface area contributed by atoms with E-state index >= 15 is 0 Å². The number of carbonyl (C=O) groups excluding carboxylic acids is 1. The van der Waals surface area contributed by atoms with Crippen LogP contribution in [0.25, 0.3) is 0 Å². The summed E-state index contributed by atoms with van der Waals surface area (Å²) in [4.78, 5) is 12.4. The highest BCUT2D eigenvalue weighted by molar-refractivity contribution is 9.10.